The highest BCUT2D eigenvalue weighted by Gasteiger charge is 2.18. The van der Waals surface area contributed by atoms with Crippen molar-refractivity contribution in [1.29, 1.82) is 5.26 Å². The quantitative estimate of drug-likeness (QED) is 0.246. The molecule has 0 fully saturated rings. The van der Waals surface area contributed by atoms with Crippen LogP contribution in [0.4, 0.5) is 0 Å². The van der Waals surface area contributed by atoms with Crippen molar-refractivity contribution < 1.29 is 12.6 Å². The van der Waals surface area contributed by atoms with Gasteiger partial charge in [0.1, 0.15) is 10.6 Å². The highest BCUT2D eigenvalue weighted by molar-refractivity contribution is 7.87. The Labute approximate surface area is 183 Å². The molecule has 0 aromatic heterocycles. The zero-order valence-corrected chi connectivity index (χ0v) is 17.7. The van der Waals surface area contributed by atoms with Gasteiger partial charge in [0.15, 0.2) is 0 Å². The average molecular weight is 465 g/mol. The normalized spacial score (nSPS) is 11.7. The summed E-state index contributed by atoms with van der Waals surface area (Å²) in [5.74, 6) is 0.0242. The fourth-order valence-corrected chi connectivity index (χ4v) is 4.16. The summed E-state index contributed by atoms with van der Waals surface area (Å²) in [4.78, 5) is 0.00568. The molecule has 3 rings (SSSR count). The Hall–Kier alpha value is -2.49. The number of benzene rings is 3. The molecule has 0 radical (unpaired) electrons. The molecule has 8 heteroatoms. The third-order valence-electron chi connectivity index (χ3n) is 3.84. The van der Waals surface area contributed by atoms with Crippen LogP contribution in [0.2, 0.25) is 15.1 Å². The van der Waals surface area contributed by atoms with E-state index in [9.17, 15) is 13.7 Å². The lowest BCUT2D eigenvalue weighted by Crippen LogP contribution is -2.10. The first-order valence-electron chi connectivity index (χ1n) is 8.16. The fourth-order valence-electron chi connectivity index (χ4n) is 2.50. The Morgan fingerprint density at radius 2 is 1.59 bits per heavy atom. The second-order valence-corrected chi connectivity index (χ2v) is 8.65. The molecule has 3 aromatic rings. The third-order valence-corrected chi connectivity index (χ3v) is 5.88. The zero-order chi connectivity index (χ0) is 21.0. The Morgan fingerprint density at radius 1 is 0.931 bits per heavy atom. The SMILES string of the molecule is N#C/C(=C\c1cc(Cl)ccc1OS(=O)(=O)c1ccccc1)c1ccc(Cl)cc1Cl. The van der Waals surface area contributed by atoms with Crippen molar-refractivity contribution in [3.8, 4) is 11.8 Å². The van der Waals surface area contributed by atoms with Crippen LogP contribution < -0.4 is 4.18 Å². The van der Waals surface area contributed by atoms with E-state index in [1.165, 1.54) is 42.5 Å². The number of hydrogen-bond donors (Lipinski definition) is 0. The van der Waals surface area contributed by atoms with E-state index in [1.54, 1.807) is 30.3 Å². The number of allylic oxidation sites excluding steroid dienone is 1. The van der Waals surface area contributed by atoms with Gasteiger partial charge in [0.25, 0.3) is 0 Å². The first-order chi connectivity index (χ1) is 13.8. The zero-order valence-electron chi connectivity index (χ0n) is 14.6. The van der Waals surface area contributed by atoms with E-state index in [4.69, 9.17) is 39.0 Å². The van der Waals surface area contributed by atoms with Crippen LogP contribution >= 0.6 is 34.8 Å². The molecule has 0 spiro atoms. The van der Waals surface area contributed by atoms with E-state index in [-0.39, 0.29) is 21.2 Å². The number of hydrogen-bond acceptors (Lipinski definition) is 4. The molecule has 0 saturated carbocycles. The van der Waals surface area contributed by atoms with Crippen LogP contribution in [0.15, 0.2) is 71.6 Å². The van der Waals surface area contributed by atoms with Gasteiger partial charge in [0, 0.05) is 21.2 Å². The smallest absolute Gasteiger partial charge is 0.339 e. The number of nitriles is 1. The first-order valence-corrected chi connectivity index (χ1v) is 10.7. The van der Waals surface area contributed by atoms with Crippen molar-refractivity contribution in [2.24, 2.45) is 0 Å². The van der Waals surface area contributed by atoms with E-state index in [0.717, 1.165) is 0 Å². The third kappa shape index (κ3) is 5.11. The molecular formula is C21H12Cl3NO3S. The van der Waals surface area contributed by atoms with Gasteiger partial charge in [-0.1, -0.05) is 59.1 Å². The molecule has 0 atom stereocenters. The summed E-state index contributed by atoms with van der Waals surface area (Å²) >= 11 is 18.2. The molecule has 4 nitrogen and oxygen atoms in total. The van der Waals surface area contributed by atoms with Gasteiger partial charge in [0.05, 0.1) is 16.7 Å². The van der Waals surface area contributed by atoms with Crippen molar-refractivity contribution in [2.45, 2.75) is 4.90 Å². The monoisotopic (exact) mass is 463 g/mol. The van der Waals surface area contributed by atoms with Crippen molar-refractivity contribution >= 4 is 56.6 Å². The predicted octanol–water partition coefficient (Wildman–Crippen LogP) is 6.48. The van der Waals surface area contributed by atoms with Gasteiger partial charge in [-0.3, -0.25) is 0 Å². The number of rotatable bonds is 5. The molecule has 146 valence electrons. The molecule has 0 aliphatic rings. The molecule has 0 aliphatic heterocycles. The fraction of sp³-hybridized carbons (Fsp3) is 0. The lowest BCUT2D eigenvalue weighted by molar-refractivity contribution is 0.485. The van der Waals surface area contributed by atoms with Gasteiger partial charge in [-0.05, 0) is 48.5 Å². The van der Waals surface area contributed by atoms with E-state index >= 15 is 0 Å². The molecule has 0 saturated heterocycles. The van der Waals surface area contributed by atoms with E-state index < -0.39 is 10.1 Å². The lowest BCUT2D eigenvalue weighted by Gasteiger charge is -2.11. The Bertz CT molecular complexity index is 1230. The number of halogens is 3. The van der Waals surface area contributed by atoms with Crippen LogP contribution in [0, 0.1) is 11.3 Å². The minimum Gasteiger partial charge on any atom is -0.378 e. The second kappa shape index (κ2) is 8.89. The molecule has 3 aromatic carbocycles. The maximum absolute atomic E-state index is 12.6. The van der Waals surface area contributed by atoms with Gasteiger partial charge in [-0.2, -0.15) is 13.7 Å². The van der Waals surface area contributed by atoms with Gasteiger partial charge in [-0.25, -0.2) is 0 Å². The Kier molecular flexibility index (Phi) is 6.51. The van der Waals surface area contributed by atoms with Crippen LogP contribution in [0.25, 0.3) is 11.6 Å². The molecular weight excluding hydrogens is 453 g/mol. The summed E-state index contributed by atoms with van der Waals surface area (Å²) < 4.78 is 30.5. The average Bonchev–Trinajstić information content (AvgIpc) is 2.69. The summed E-state index contributed by atoms with van der Waals surface area (Å²) in [7, 11) is -4.07. The summed E-state index contributed by atoms with van der Waals surface area (Å²) in [6, 6.07) is 18.9. The van der Waals surface area contributed by atoms with Crippen molar-refractivity contribution in [1.82, 2.24) is 0 Å². The Balaban J connectivity index is 2.07. The minimum atomic E-state index is -4.07. The van der Waals surface area contributed by atoms with Gasteiger partial charge in [-0.15, -0.1) is 0 Å². The van der Waals surface area contributed by atoms with Gasteiger partial charge < -0.3 is 4.18 Å². The van der Waals surface area contributed by atoms with E-state index in [0.29, 0.717) is 21.2 Å². The van der Waals surface area contributed by atoms with E-state index in [2.05, 4.69) is 6.07 Å². The second-order valence-electron chi connectivity index (χ2n) is 5.83. The lowest BCUT2D eigenvalue weighted by atomic mass is 10.0. The largest absolute Gasteiger partial charge is 0.378 e. The molecule has 0 unspecified atom stereocenters. The molecule has 0 N–H and O–H groups in total. The van der Waals surface area contributed by atoms with Crippen LogP contribution in [-0.2, 0) is 10.1 Å². The van der Waals surface area contributed by atoms with Gasteiger partial charge in [0.2, 0.25) is 0 Å². The summed E-state index contributed by atoms with van der Waals surface area (Å²) in [6.07, 6.45) is 1.46. The summed E-state index contributed by atoms with van der Waals surface area (Å²) in [5.41, 5.74) is 0.936. The molecule has 0 aliphatic carbocycles. The summed E-state index contributed by atoms with van der Waals surface area (Å²) in [5, 5.41) is 10.7. The number of nitrogens with zero attached hydrogens (tertiary/aromatic N) is 1. The van der Waals surface area contributed by atoms with Crippen LogP contribution in [0.1, 0.15) is 11.1 Å². The minimum absolute atomic E-state index is 0.00568. The molecule has 29 heavy (non-hydrogen) atoms. The molecule has 0 heterocycles. The predicted molar refractivity (Wildman–Crippen MR) is 116 cm³/mol. The first kappa shape index (κ1) is 21.2. The van der Waals surface area contributed by atoms with Crippen molar-refractivity contribution in [3.63, 3.8) is 0 Å². The van der Waals surface area contributed by atoms with Gasteiger partial charge >= 0.3 is 10.1 Å². The van der Waals surface area contributed by atoms with Crippen LogP contribution in [-0.4, -0.2) is 8.42 Å². The van der Waals surface area contributed by atoms with Crippen LogP contribution in [0.5, 0.6) is 5.75 Å². The molecule has 0 amide bonds. The summed E-state index contributed by atoms with van der Waals surface area (Å²) in [6.45, 7) is 0. The van der Waals surface area contributed by atoms with Crippen molar-refractivity contribution in [2.75, 3.05) is 0 Å². The maximum atomic E-state index is 12.6. The van der Waals surface area contributed by atoms with Crippen LogP contribution in [0.3, 0.4) is 0 Å². The molecule has 0 bridgehead atoms. The maximum Gasteiger partial charge on any atom is 0.339 e. The highest BCUT2D eigenvalue weighted by Crippen LogP contribution is 2.32. The van der Waals surface area contributed by atoms with Crippen molar-refractivity contribution in [3.05, 3.63) is 92.9 Å². The highest BCUT2D eigenvalue weighted by atomic mass is 35.5. The standard InChI is InChI=1S/C21H12Cl3NO3S/c22-16-7-9-21(28-29(26,27)18-4-2-1-3-5-18)14(11-16)10-15(13-25)19-8-6-17(23)12-20(19)24/h1-12H/b15-10+. The Morgan fingerprint density at radius 3 is 2.24 bits per heavy atom. The van der Waals surface area contributed by atoms with E-state index in [1.807, 2.05) is 0 Å². The topological polar surface area (TPSA) is 67.2 Å².